The Hall–Kier alpha value is -1.99. The van der Waals surface area contributed by atoms with Crippen molar-refractivity contribution >= 4 is 49.1 Å². The fraction of sp³-hybridized carbons (Fsp3) is 0. The minimum atomic E-state index is -0.505. The molecule has 0 radical (unpaired) electrons. The normalized spacial score (nSPS) is 10.6. The van der Waals surface area contributed by atoms with E-state index in [-0.39, 0.29) is 5.56 Å². The van der Waals surface area contributed by atoms with Crippen molar-refractivity contribution in [1.29, 1.82) is 0 Å². The predicted octanol–water partition coefficient (Wildman–Crippen LogP) is 3.47. The van der Waals surface area contributed by atoms with Gasteiger partial charge in [0.2, 0.25) is 0 Å². The Balaban J connectivity index is 2.01. The topological polar surface area (TPSA) is 63.5 Å². The number of carbonyl (C=O) groups excluding carboxylic acids is 1. The van der Waals surface area contributed by atoms with Gasteiger partial charge < -0.3 is 5.32 Å². The van der Waals surface area contributed by atoms with E-state index < -0.39 is 11.5 Å². The molecule has 0 saturated heterocycles. The number of nitrogens with zero attached hydrogens (tertiary/aromatic N) is 2. The maximum Gasteiger partial charge on any atom is 0.270 e. The Morgan fingerprint density at radius 3 is 2.82 bits per heavy atom. The van der Waals surface area contributed by atoms with Crippen molar-refractivity contribution in [3.8, 4) is 0 Å². The van der Waals surface area contributed by atoms with Gasteiger partial charge in [-0.2, -0.15) is 0 Å². The van der Waals surface area contributed by atoms with E-state index in [2.05, 4.69) is 42.2 Å². The molecule has 1 amide bonds. The molecule has 0 unspecified atom stereocenters. The van der Waals surface area contributed by atoms with Gasteiger partial charge in [0.25, 0.3) is 11.5 Å². The molecule has 3 aromatic rings. The summed E-state index contributed by atoms with van der Waals surface area (Å²) in [5, 5.41) is 2.70. The molecule has 2 heterocycles. The molecule has 1 aromatic carbocycles. The lowest BCUT2D eigenvalue weighted by Gasteiger charge is -2.08. The quantitative estimate of drug-likeness (QED) is 0.687. The third kappa shape index (κ3) is 2.82. The van der Waals surface area contributed by atoms with Gasteiger partial charge in [-0.15, -0.1) is 0 Å². The minimum Gasteiger partial charge on any atom is -0.321 e. The van der Waals surface area contributed by atoms with E-state index in [1.165, 1.54) is 10.6 Å². The number of amides is 1. The Labute approximate surface area is 142 Å². The van der Waals surface area contributed by atoms with Crippen LogP contribution in [0, 0.1) is 0 Å². The van der Waals surface area contributed by atoms with Crippen molar-refractivity contribution in [3.05, 3.63) is 73.7 Å². The van der Waals surface area contributed by atoms with E-state index in [1.54, 1.807) is 36.5 Å². The van der Waals surface area contributed by atoms with Crippen LogP contribution in [0.3, 0.4) is 0 Å². The maximum absolute atomic E-state index is 12.4. The highest BCUT2D eigenvalue weighted by Gasteiger charge is 2.14. The van der Waals surface area contributed by atoms with Gasteiger partial charge in [0.1, 0.15) is 11.2 Å². The first-order valence-corrected chi connectivity index (χ1v) is 7.87. The fourth-order valence-corrected chi connectivity index (χ4v) is 2.67. The summed E-state index contributed by atoms with van der Waals surface area (Å²) in [5.74, 6) is -0.505. The summed E-state index contributed by atoms with van der Waals surface area (Å²) in [6, 6.07) is 10.6. The zero-order valence-corrected chi connectivity index (χ0v) is 14.3. The lowest BCUT2D eigenvalue weighted by Crippen LogP contribution is -2.26. The first-order valence-electron chi connectivity index (χ1n) is 6.29. The molecule has 0 aliphatic heterocycles. The van der Waals surface area contributed by atoms with Crippen LogP contribution in [0.2, 0.25) is 0 Å². The van der Waals surface area contributed by atoms with Crippen molar-refractivity contribution in [2.75, 3.05) is 5.32 Å². The summed E-state index contributed by atoms with van der Waals surface area (Å²) in [6.07, 6.45) is 2.87. The number of aromatic nitrogens is 2. The Bertz CT molecular complexity index is 937. The summed E-state index contributed by atoms with van der Waals surface area (Å²) in [6.45, 7) is 0. The summed E-state index contributed by atoms with van der Waals surface area (Å²) in [7, 11) is 0. The van der Waals surface area contributed by atoms with Crippen molar-refractivity contribution in [2.24, 2.45) is 0 Å². The molecule has 5 nitrogen and oxygen atoms in total. The molecule has 22 heavy (non-hydrogen) atoms. The zero-order valence-electron chi connectivity index (χ0n) is 11.1. The van der Waals surface area contributed by atoms with Gasteiger partial charge in [-0.1, -0.05) is 22.0 Å². The Morgan fingerprint density at radius 2 is 2.00 bits per heavy atom. The molecule has 2 aromatic heterocycles. The molecule has 0 aliphatic rings. The lowest BCUT2D eigenvalue weighted by atomic mass is 10.2. The van der Waals surface area contributed by atoms with Crippen molar-refractivity contribution < 1.29 is 4.79 Å². The van der Waals surface area contributed by atoms with Gasteiger partial charge in [-0.25, -0.2) is 4.98 Å². The number of hydrogen-bond donors (Lipinski definition) is 1. The fourth-order valence-electron chi connectivity index (χ4n) is 1.97. The maximum atomic E-state index is 12.4. The number of benzene rings is 1. The van der Waals surface area contributed by atoms with Crippen LogP contribution in [0.1, 0.15) is 10.4 Å². The zero-order chi connectivity index (χ0) is 15.7. The number of pyridine rings is 1. The van der Waals surface area contributed by atoms with Gasteiger partial charge in [0.05, 0.1) is 5.69 Å². The largest absolute Gasteiger partial charge is 0.321 e. The first-order chi connectivity index (χ1) is 10.6. The van der Waals surface area contributed by atoms with E-state index in [9.17, 15) is 9.59 Å². The van der Waals surface area contributed by atoms with Crippen LogP contribution in [-0.2, 0) is 0 Å². The third-order valence-electron chi connectivity index (χ3n) is 3.03. The molecule has 0 atom stereocenters. The predicted molar refractivity (Wildman–Crippen MR) is 91.3 cm³/mol. The first kappa shape index (κ1) is 14.9. The SMILES string of the molecule is O=C(Nc1cc(Br)ccc1Br)c1cnc2ccccn2c1=O. The molecule has 3 rings (SSSR count). The highest BCUT2D eigenvalue weighted by molar-refractivity contribution is 9.11. The molecule has 0 bridgehead atoms. The number of rotatable bonds is 2. The molecular weight excluding hydrogens is 414 g/mol. The molecular formula is C15H9Br2N3O2. The van der Waals surface area contributed by atoms with E-state index >= 15 is 0 Å². The summed E-state index contributed by atoms with van der Waals surface area (Å²) in [5.41, 5.74) is 0.634. The van der Waals surface area contributed by atoms with Crippen LogP contribution in [0.15, 0.2) is 62.5 Å². The van der Waals surface area contributed by atoms with Crippen LogP contribution in [0.5, 0.6) is 0 Å². The summed E-state index contributed by atoms with van der Waals surface area (Å²) >= 11 is 6.69. The van der Waals surface area contributed by atoms with Gasteiger partial charge >= 0.3 is 0 Å². The monoisotopic (exact) mass is 421 g/mol. The summed E-state index contributed by atoms with van der Waals surface area (Å²) < 4.78 is 2.88. The number of anilines is 1. The van der Waals surface area contributed by atoms with Crippen LogP contribution in [0.25, 0.3) is 5.65 Å². The second-order valence-electron chi connectivity index (χ2n) is 4.48. The second kappa shape index (κ2) is 6.02. The smallest absolute Gasteiger partial charge is 0.270 e. The number of hydrogen-bond acceptors (Lipinski definition) is 3. The summed E-state index contributed by atoms with van der Waals surface area (Å²) in [4.78, 5) is 28.8. The number of fused-ring (bicyclic) bond motifs is 1. The van der Waals surface area contributed by atoms with Crippen LogP contribution in [-0.4, -0.2) is 15.3 Å². The van der Waals surface area contributed by atoms with E-state index in [0.717, 1.165) is 8.95 Å². The van der Waals surface area contributed by atoms with Gasteiger partial charge in [0.15, 0.2) is 0 Å². The number of halogens is 2. The van der Waals surface area contributed by atoms with Crippen LogP contribution >= 0.6 is 31.9 Å². The Morgan fingerprint density at radius 1 is 1.18 bits per heavy atom. The van der Waals surface area contributed by atoms with Gasteiger partial charge in [-0.05, 0) is 46.3 Å². The highest BCUT2D eigenvalue weighted by atomic mass is 79.9. The van der Waals surface area contributed by atoms with Crippen LogP contribution < -0.4 is 10.9 Å². The van der Waals surface area contributed by atoms with E-state index in [0.29, 0.717) is 11.3 Å². The molecule has 0 saturated carbocycles. The minimum absolute atomic E-state index is 0.0180. The van der Waals surface area contributed by atoms with Gasteiger partial charge in [0, 0.05) is 21.3 Å². The standard InChI is InChI=1S/C15H9Br2N3O2/c16-9-4-5-11(17)12(7-9)19-14(21)10-8-18-13-3-1-2-6-20(13)15(10)22/h1-8H,(H,19,21). The van der Waals surface area contributed by atoms with Crippen molar-refractivity contribution in [3.63, 3.8) is 0 Å². The van der Waals surface area contributed by atoms with Crippen LogP contribution in [0.4, 0.5) is 5.69 Å². The van der Waals surface area contributed by atoms with E-state index in [1.807, 2.05) is 6.07 Å². The average Bonchev–Trinajstić information content (AvgIpc) is 2.51. The molecule has 7 heteroatoms. The molecule has 1 N–H and O–H groups in total. The van der Waals surface area contributed by atoms with Crippen molar-refractivity contribution in [2.45, 2.75) is 0 Å². The van der Waals surface area contributed by atoms with Crippen molar-refractivity contribution in [1.82, 2.24) is 9.38 Å². The number of nitrogens with one attached hydrogen (secondary N) is 1. The third-order valence-corrected chi connectivity index (χ3v) is 4.22. The molecule has 0 aliphatic carbocycles. The highest BCUT2D eigenvalue weighted by Crippen LogP contribution is 2.26. The Kier molecular flexibility index (Phi) is 4.08. The lowest BCUT2D eigenvalue weighted by molar-refractivity contribution is 0.102. The molecule has 0 spiro atoms. The number of carbonyl (C=O) groups is 1. The molecule has 110 valence electrons. The molecule has 0 fully saturated rings. The van der Waals surface area contributed by atoms with E-state index in [4.69, 9.17) is 0 Å². The second-order valence-corrected chi connectivity index (χ2v) is 6.25. The average molecular weight is 423 g/mol. The van der Waals surface area contributed by atoms with Gasteiger partial charge in [-0.3, -0.25) is 14.0 Å².